The van der Waals surface area contributed by atoms with Crippen LogP contribution in [0.3, 0.4) is 0 Å². The zero-order valence-corrected chi connectivity index (χ0v) is 13.2. The van der Waals surface area contributed by atoms with Gasteiger partial charge in [0.25, 0.3) is 0 Å². The molecular weight excluding hydrogens is 377 g/mol. The van der Waals surface area contributed by atoms with Gasteiger partial charge in [-0.1, -0.05) is 23.9 Å². The number of hydrogen-bond acceptors (Lipinski definition) is 4. The lowest BCUT2D eigenvalue weighted by Gasteiger charge is -2.02. The maximum Gasteiger partial charge on any atom is 0.343 e. The van der Waals surface area contributed by atoms with Gasteiger partial charge in [0.2, 0.25) is 0 Å². The number of nitrogens with one attached hydrogen (secondary N) is 1. The van der Waals surface area contributed by atoms with E-state index in [1.54, 1.807) is 0 Å². The Labute approximate surface area is 127 Å². The van der Waals surface area contributed by atoms with E-state index < -0.39 is 0 Å². The molecule has 1 heterocycles. The number of hydrogen-bond donors (Lipinski definition) is 1. The van der Waals surface area contributed by atoms with Crippen molar-refractivity contribution in [3.63, 3.8) is 0 Å². The molecule has 0 atom stereocenters. The molecule has 1 N–H and O–H groups in total. The Morgan fingerprint density at radius 1 is 1.42 bits per heavy atom. The third-order valence-corrected chi connectivity index (χ3v) is 4.23. The maximum atomic E-state index is 12.0. The minimum absolute atomic E-state index is 0.0273. The van der Waals surface area contributed by atoms with E-state index in [2.05, 4.69) is 32.8 Å². The van der Waals surface area contributed by atoms with Gasteiger partial charge in [0.1, 0.15) is 0 Å². The summed E-state index contributed by atoms with van der Waals surface area (Å²) < 4.78 is 2.60. The number of rotatable bonds is 5. The summed E-state index contributed by atoms with van der Waals surface area (Å²) in [7, 11) is 0. The monoisotopic (exact) mass is 389 g/mol. The van der Waals surface area contributed by atoms with Gasteiger partial charge in [-0.05, 0) is 41.6 Å². The van der Waals surface area contributed by atoms with Crippen molar-refractivity contribution in [3.05, 3.63) is 43.9 Å². The minimum atomic E-state index is -0.244. The van der Waals surface area contributed by atoms with Crippen molar-refractivity contribution in [2.75, 3.05) is 5.75 Å². The molecule has 0 saturated carbocycles. The van der Waals surface area contributed by atoms with Crippen LogP contribution in [0.4, 0.5) is 0 Å². The number of nitrogens with zero attached hydrogens (tertiary/aromatic N) is 2. The Hall–Kier alpha value is -1.09. The molecule has 1 aromatic carbocycles. The number of ketones is 1. The van der Waals surface area contributed by atoms with Crippen LogP contribution in [0.15, 0.2) is 34.2 Å². The third-order valence-electron chi connectivity index (χ3n) is 2.54. The van der Waals surface area contributed by atoms with Crippen LogP contribution in [0.2, 0.25) is 0 Å². The van der Waals surface area contributed by atoms with Crippen molar-refractivity contribution in [1.29, 1.82) is 0 Å². The van der Waals surface area contributed by atoms with Gasteiger partial charge < -0.3 is 0 Å². The Balaban J connectivity index is 2.04. The molecule has 19 heavy (non-hydrogen) atoms. The van der Waals surface area contributed by atoms with Crippen LogP contribution in [0.5, 0.6) is 0 Å². The minimum Gasteiger partial charge on any atom is -0.293 e. The van der Waals surface area contributed by atoms with E-state index in [4.69, 9.17) is 0 Å². The highest BCUT2D eigenvalue weighted by Gasteiger charge is 2.11. The largest absolute Gasteiger partial charge is 0.343 e. The van der Waals surface area contributed by atoms with Crippen LogP contribution in [0.25, 0.3) is 0 Å². The molecule has 7 heteroatoms. The van der Waals surface area contributed by atoms with Gasteiger partial charge in [0.15, 0.2) is 10.9 Å². The number of halogens is 1. The molecule has 5 nitrogen and oxygen atoms in total. The van der Waals surface area contributed by atoms with Crippen LogP contribution < -0.4 is 5.69 Å². The first-order valence-corrected chi connectivity index (χ1v) is 7.75. The molecule has 0 bridgehead atoms. The van der Waals surface area contributed by atoms with Crippen molar-refractivity contribution in [2.24, 2.45) is 0 Å². The molecule has 0 aliphatic heterocycles. The van der Waals surface area contributed by atoms with E-state index in [0.717, 1.165) is 3.57 Å². The van der Waals surface area contributed by atoms with Crippen LogP contribution in [-0.4, -0.2) is 26.3 Å². The fourth-order valence-electron chi connectivity index (χ4n) is 1.54. The van der Waals surface area contributed by atoms with Gasteiger partial charge in [-0.25, -0.2) is 9.89 Å². The first kappa shape index (κ1) is 14.3. The fraction of sp³-hybridized carbons (Fsp3) is 0.250. The second-order valence-electron chi connectivity index (χ2n) is 3.77. The molecular formula is C12H12IN3O2S. The van der Waals surface area contributed by atoms with E-state index in [9.17, 15) is 9.59 Å². The molecule has 0 spiro atoms. The summed E-state index contributed by atoms with van der Waals surface area (Å²) in [6, 6.07) is 7.41. The van der Waals surface area contributed by atoms with Crippen molar-refractivity contribution >= 4 is 40.1 Å². The Morgan fingerprint density at radius 3 is 2.74 bits per heavy atom. The molecule has 0 aliphatic rings. The van der Waals surface area contributed by atoms with Crippen molar-refractivity contribution < 1.29 is 4.79 Å². The van der Waals surface area contributed by atoms with Crippen LogP contribution in [0.1, 0.15) is 17.3 Å². The average Bonchev–Trinajstić information content (AvgIpc) is 2.77. The zero-order chi connectivity index (χ0) is 13.8. The number of H-pyrrole nitrogens is 1. The summed E-state index contributed by atoms with van der Waals surface area (Å²) in [6.45, 7) is 2.40. The summed E-state index contributed by atoms with van der Waals surface area (Å²) in [5.41, 5.74) is 0.431. The van der Waals surface area contributed by atoms with Gasteiger partial charge in [-0.2, -0.15) is 0 Å². The van der Waals surface area contributed by atoms with Crippen molar-refractivity contribution in [1.82, 2.24) is 14.8 Å². The quantitative estimate of drug-likeness (QED) is 0.484. The number of benzene rings is 1. The molecule has 1 aromatic heterocycles. The summed E-state index contributed by atoms with van der Waals surface area (Å²) in [6.07, 6.45) is 0. The maximum absolute atomic E-state index is 12.0. The number of aromatic amines is 1. The van der Waals surface area contributed by atoms with Gasteiger partial charge in [0.05, 0.1) is 5.75 Å². The van der Waals surface area contributed by atoms with E-state index in [0.29, 0.717) is 17.3 Å². The Kier molecular flexibility index (Phi) is 4.81. The highest BCUT2D eigenvalue weighted by molar-refractivity contribution is 14.1. The Morgan fingerprint density at radius 2 is 2.11 bits per heavy atom. The lowest BCUT2D eigenvalue weighted by Crippen LogP contribution is -2.16. The Bertz CT molecular complexity index is 633. The number of Topliss-reactive ketones (excluding diaryl/α,β-unsaturated/α-hetero) is 1. The molecule has 2 aromatic rings. The van der Waals surface area contributed by atoms with E-state index in [1.165, 1.54) is 16.3 Å². The van der Waals surface area contributed by atoms with Gasteiger partial charge >= 0.3 is 5.69 Å². The number of carbonyl (C=O) groups is 1. The highest BCUT2D eigenvalue weighted by atomic mass is 127. The fourth-order valence-corrected chi connectivity index (χ4v) is 2.81. The molecule has 0 saturated heterocycles. The summed E-state index contributed by atoms with van der Waals surface area (Å²) in [5.74, 6) is 0.296. The predicted octanol–water partition coefficient (Wildman–Crippen LogP) is 2.17. The van der Waals surface area contributed by atoms with Crippen LogP contribution >= 0.6 is 34.4 Å². The molecule has 0 amide bonds. The van der Waals surface area contributed by atoms with Crippen molar-refractivity contribution in [2.45, 2.75) is 18.6 Å². The molecule has 0 radical (unpaired) electrons. The molecule has 0 fully saturated rings. The van der Waals surface area contributed by atoms with Crippen LogP contribution in [0, 0.1) is 3.57 Å². The van der Waals surface area contributed by atoms with Gasteiger partial charge in [0, 0.05) is 15.7 Å². The molecule has 100 valence electrons. The first-order chi connectivity index (χ1) is 9.11. The van der Waals surface area contributed by atoms with E-state index in [1.807, 2.05) is 31.2 Å². The summed E-state index contributed by atoms with van der Waals surface area (Å²) in [5, 5.41) is 6.83. The summed E-state index contributed by atoms with van der Waals surface area (Å²) >= 11 is 3.46. The average molecular weight is 389 g/mol. The van der Waals surface area contributed by atoms with Crippen molar-refractivity contribution in [3.8, 4) is 0 Å². The number of carbonyl (C=O) groups excluding carboxylic acids is 1. The smallest absolute Gasteiger partial charge is 0.293 e. The van der Waals surface area contributed by atoms with E-state index in [-0.39, 0.29) is 17.2 Å². The second kappa shape index (κ2) is 6.38. The summed E-state index contributed by atoms with van der Waals surface area (Å²) in [4.78, 5) is 23.4. The topological polar surface area (TPSA) is 67.8 Å². The number of thioether (sulfide) groups is 1. The lowest BCUT2D eigenvalue weighted by molar-refractivity contribution is 0.102. The van der Waals surface area contributed by atoms with E-state index >= 15 is 0 Å². The molecule has 0 unspecified atom stereocenters. The molecule has 2 rings (SSSR count). The normalized spacial score (nSPS) is 10.6. The van der Waals surface area contributed by atoms with Crippen LogP contribution in [-0.2, 0) is 6.54 Å². The zero-order valence-electron chi connectivity index (χ0n) is 10.2. The van der Waals surface area contributed by atoms with Gasteiger partial charge in [-0.15, -0.1) is 5.10 Å². The standard InChI is InChI=1S/C12H12IN3O2S/c1-2-16-11(18)14-15-12(16)19-7-10(17)8-3-5-9(13)6-4-8/h3-6H,2,7H2,1H3,(H,14,18). The number of aromatic nitrogens is 3. The predicted molar refractivity (Wildman–Crippen MR) is 82.7 cm³/mol. The lowest BCUT2D eigenvalue weighted by atomic mass is 10.2. The first-order valence-electron chi connectivity index (χ1n) is 5.68. The third kappa shape index (κ3) is 3.47. The highest BCUT2D eigenvalue weighted by Crippen LogP contribution is 2.16. The SMILES string of the molecule is CCn1c(SCC(=O)c2ccc(I)cc2)n[nH]c1=O. The second-order valence-corrected chi connectivity index (χ2v) is 5.96. The molecule has 0 aliphatic carbocycles. The van der Waals surface area contributed by atoms with Gasteiger partial charge in [-0.3, -0.25) is 9.36 Å².